The smallest absolute Gasteiger partial charge is 0.265 e. The maximum Gasteiger partial charge on any atom is 0.265 e. The predicted molar refractivity (Wildman–Crippen MR) is 98.1 cm³/mol. The van der Waals surface area contributed by atoms with Gasteiger partial charge < -0.3 is 4.90 Å². The molecule has 1 saturated heterocycles. The number of pyridine rings is 1. The van der Waals surface area contributed by atoms with Crippen molar-refractivity contribution in [2.24, 2.45) is 5.92 Å². The zero-order valence-corrected chi connectivity index (χ0v) is 14.5. The number of piperidine rings is 1. The first-order valence-electron chi connectivity index (χ1n) is 8.70. The fourth-order valence-corrected chi connectivity index (χ4v) is 3.79. The highest BCUT2D eigenvalue weighted by molar-refractivity contribution is 5.82. The summed E-state index contributed by atoms with van der Waals surface area (Å²) in [6.45, 7) is 5.98. The Morgan fingerprint density at radius 2 is 2.16 bits per heavy atom. The van der Waals surface area contributed by atoms with E-state index in [4.69, 9.17) is 0 Å². The van der Waals surface area contributed by atoms with Gasteiger partial charge in [-0.25, -0.2) is 4.98 Å². The molecule has 25 heavy (non-hydrogen) atoms. The zero-order valence-electron chi connectivity index (χ0n) is 14.5. The summed E-state index contributed by atoms with van der Waals surface area (Å²) in [5.41, 5.74) is 3.04. The van der Waals surface area contributed by atoms with E-state index in [9.17, 15) is 10.1 Å². The Bertz CT molecular complexity index is 1120. The summed E-state index contributed by atoms with van der Waals surface area (Å²) < 4.78 is 1.58. The summed E-state index contributed by atoms with van der Waals surface area (Å²) in [5, 5.41) is 10.3. The molecule has 5 heteroatoms. The molecule has 1 fully saturated rings. The van der Waals surface area contributed by atoms with Crippen molar-refractivity contribution in [1.82, 2.24) is 14.3 Å². The first kappa shape index (κ1) is 15.6. The van der Waals surface area contributed by atoms with Crippen LogP contribution in [0.15, 0.2) is 29.1 Å². The van der Waals surface area contributed by atoms with Gasteiger partial charge in [-0.05, 0) is 43.4 Å². The third-order valence-corrected chi connectivity index (χ3v) is 5.11. The molecule has 3 aromatic rings. The van der Waals surface area contributed by atoms with Crippen molar-refractivity contribution < 1.29 is 0 Å². The van der Waals surface area contributed by atoms with Gasteiger partial charge in [-0.15, -0.1) is 0 Å². The number of likely N-dealkylation sites (tertiary alicyclic amines) is 1. The number of nitrogens with zero attached hydrogens (tertiary/aromatic N) is 4. The first-order valence-corrected chi connectivity index (χ1v) is 8.70. The predicted octanol–water partition coefficient (Wildman–Crippen LogP) is 2.22. The van der Waals surface area contributed by atoms with Crippen LogP contribution in [0.25, 0.3) is 22.9 Å². The highest BCUT2D eigenvalue weighted by Gasteiger charge is 2.18. The molecule has 4 rings (SSSR count). The second-order valence-electron chi connectivity index (χ2n) is 6.96. The van der Waals surface area contributed by atoms with Crippen LogP contribution in [0, 0.1) is 24.2 Å². The minimum absolute atomic E-state index is 0.0987. The van der Waals surface area contributed by atoms with Crippen molar-refractivity contribution in [3.63, 3.8) is 0 Å². The SMILES string of the molecule is Cc1c(C#N)c2nc3ccccc3n2c(=O)/c1=C/N1CCCC(C)C1. The average Bonchev–Trinajstić information content (AvgIpc) is 2.98. The van der Waals surface area contributed by atoms with Gasteiger partial charge >= 0.3 is 0 Å². The summed E-state index contributed by atoms with van der Waals surface area (Å²) in [6.07, 6.45) is 4.30. The number of aromatic nitrogens is 2. The van der Waals surface area contributed by atoms with Gasteiger partial charge in [0.1, 0.15) is 6.07 Å². The Kier molecular flexibility index (Phi) is 3.69. The monoisotopic (exact) mass is 332 g/mol. The van der Waals surface area contributed by atoms with E-state index >= 15 is 0 Å². The van der Waals surface area contributed by atoms with Gasteiger partial charge in [0.15, 0.2) is 5.65 Å². The first-order chi connectivity index (χ1) is 12.1. The van der Waals surface area contributed by atoms with Crippen molar-refractivity contribution in [3.05, 3.63) is 51.0 Å². The van der Waals surface area contributed by atoms with Gasteiger partial charge in [-0.3, -0.25) is 9.20 Å². The molecule has 0 bridgehead atoms. The van der Waals surface area contributed by atoms with E-state index in [1.807, 2.05) is 37.4 Å². The lowest BCUT2D eigenvalue weighted by Gasteiger charge is -2.29. The van der Waals surface area contributed by atoms with Gasteiger partial charge in [0.25, 0.3) is 5.56 Å². The van der Waals surface area contributed by atoms with Gasteiger partial charge in [0.2, 0.25) is 0 Å². The van der Waals surface area contributed by atoms with E-state index in [1.165, 1.54) is 6.42 Å². The lowest BCUT2D eigenvalue weighted by Crippen LogP contribution is -2.39. The standard InChI is InChI=1S/C20H20N4O/c1-13-6-5-9-23(11-13)12-16-14(2)15(10-21)19-22-17-7-3-4-8-18(17)24(19)20(16)25/h3-4,7-8,12-13H,5-6,9,11H2,1-2H3/b16-12+. The molecule has 0 radical (unpaired) electrons. The van der Waals surface area contributed by atoms with Crippen LogP contribution in [0.5, 0.6) is 0 Å². The fraction of sp³-hybridized carbons (Fsp3) is 0.350. The molecule has 3 heterocycles. The van der Waals surface area contributed by atoms with E-state index in [0.29, 0.717) is 27.9 Å². The minimum Gasteiger partial charge on any atom is -0.376 e. The normalized spacial score (nSPS) is 18.8. The molecule has 1 aromatic carbocycles. The summed E-state index contributed by atoms with van der Waals surface area (Å²) in [7, 11) is 0. The van der Waals surface area contributed by atoms with Crippen LogP contribution in [-0.4, -0.2) is 27.4 Å². The van der Waals surface area contributed by atoms with Crippen LogP contribution in [0.1, 0.15) is 30.9 Å². The molecular weight excluding hydrogens is 312 g/mol. The second-order valence-corrected chi connectivity index (χ2v) is 6.96. The number of nitriles is 1. The average molecular weight is 332 g/mol. The van der Waals surface area contributed by atoms with E-state index in [0.717, 1.165) is 30.5 Å². The summed E-state index contributed by atoms with van der Waals surface area (Å²) in [5.74, 6) is 0.619. The van der Waals surface area contributed by atoms with Crippen LogP contribution >= 0.6 is 0 Å². The van der Waals surface area contributed by atoms with Gasteiger partial charge in [-0.2, -0.15) is 5.26 Å². The molecule has 0 spiro atoms. The van der Waals surface area contributed by atoms with Crippen molar-refractivity contribution >= 4 is 22.9 Å². The number of rotatable bonds is 1. The van der Waals surface area contributed by atoms with Crippen molar-refractivity contribution in [1.29, 1.82) is 5.26 Å². The number of hydrogen-bond acceptors (Lipinski definition) is 4. The molecule has 0 saturated carbocycles. The molecule has 126 valence electrons. The van der Waals surface area contributed by atoms with E-state index in [-0.39, 0.29) is 5.56 Å². The van der Waals surface area contributed by atoms with Crippen molar-refractivity contribution in [2.45, 2.75) is 26.7 Å². The summed E-state index contributed by atoms with van der Waals surface area (Å²) in [4.78, 5) is 19.9. The zero-order chi connectivity index (χ0) is 17.6. The Morgan fingerprint density at radius 1 is 1.36 bits per heavy atom. The number of fused-ring (bicyclic) bond motifs is 3. The maximum atomic E-state index is 13.2. The Morgan fingerprint density at radius 3 is 2.92 bits per heavy atom. The van der Waals surface area contributed by atoms with E-state index in [1.54, 1.807) is 4.40 Å². The molecule has 1 aliphatic rings. The molecule has 0 amide bonds. The summed E-state index contributed by atoms with van der Waals surface area (Å²) in [6, 6.07) is 9.77. The molecule has 1 unspecified atom stereocenters. The third kappa shape index (κ3) is 2.45. The lowest BCUT2D eigenvalue weighted by molar-refractivity contribution is 0.268. The van der Waals surface area contributed by atoms with Crippen LogP contribution in [0.3, 0.4) is 0 Å². The molecule has 0 N–H and O–H groups in total. The fourth-order valence-electron chi connectivity index (χ4n) is 3.79. The Labute approximate surface area is 145 Å². The van der Waals surface area contributed by atoms with Gasteiger partial charge in [0, 0.05) is 19.3 Å². The van der Waals surface area contributed by atoms with Crippen LogP contribution < -0.4 is 10.8 Å². The van der Waals surface area contributed by atoms with Crippen LogP contribution in [-0.2, 0) is 0 Å². The second kappa shape index (κ2) is 5.89. The van der Waals surface area contributed by atoms with Gasteiger partial charge in [0.05, 0.1) is 21.8 Å². The number of para-hydroxylation sites is 2. The van der Waals surface area contributed by atoms with Crippen molar-refractivity contribution in [2.75, 3.05) is 13.1 Å². The quantitative estimate of drug-likeness (QED) is 0.685. The molecule has 5 nitrogen and oxygen atoms in total. The molecule has 2 aromatic heterocycles. The summed E-state index contributed by atoms with van der Waals surface area (Å²) >= 11 is 0. The molecule has 0 aliphatic carbocycles. The number of hydrogen-bond donors (Lipinski definition) is 0. The number of imidazole rings is 1. The molecule has 1 atom stereocenters. The van der Waals surface area contributed by atoms with E-state index in [2.05, 4.69) is 22.9 Å². The van der Waals surface area contributed by atoms with E-state index < -0.39 is 0 Å². The highest BCUT2D eigenvalue weighted by atomic mass is 16.1. The highest BCUT2D eigenvalue weighted by Crippen LogP contribution is 2.18. The van der Waals surface area contributed by atoms with Crippen molar-refractivity contribution in [3.8, 4) is 6.07 Å². The number of benzene rings is 1. The van der Waals surface area contributed by atoms with Crippen LogP contribution in [0.4, 0.5) is 0 Å². The maximum absolute atomic E-state index is 13.2. The lowest BCUT2D eigenvalue weighted by atomic mass is 10.0. The topological polar surface area (TPSA) is 61.4 Å². The van der Waals surface area contributed by atoms with Gasteiger partial charge in [-0.1, -0.05) is 19.1 Å². The van der Waals surface area contributed by atoms with Crippen LogP contribution in [0.2, 0.25) is 0 Å². The third-order valence-electron chi connectivity index (χ3n) is 5.11. The minimum atomic E-state index is -0.0987. The molecular formula is C20H20N4O. The Balaban J connectivity index is 2.07. The Hall–Kier alpha value is -2.87. The molecule has 1 aliphatic heterocycles. The largest absolute Gasteiger partial charge is 0.376 e.